The fourth-order valence-electron chi connectivity index (χ4n) is 3.75. The lowest BCUT2D eigenvalue weighted by Crippen LogP contribution is -2.58. The lowest BCUT2D eigenvalue weighted by Gasteiger charge is -2.41. The van der Waals surface area contributed by atoms with E-state index in [4.69, 9.17) is 10.7 Å². The number of primary amides is 1. The molecule has 142 valence electrons. The highest BCUT2D eigenvalue weighted by Crippen LogP contribution is 2.45. The van der Waals surface area contributed by atoms with Crippen LogP contribution in [-0.4, -0.2) is 49.7 Å². The van der Waals surface area contributed by atoms with Gasteiger partial charge in [0.2, 0.25) is 5.91 Å². The number of amidine groups is 1. The molecule has 1 aliphatic carbocycles. The van der Waals surface area contributed by atoms with Crippen molar-refractivity contribution in [3.63, 3.8) is 0 Å². The number of aliphatic hydroxyl groups is 2. The number of rotatable bonds is 4. The lowest BCUT2D eigenvalue weighted by atomic mass is 9.80. The van der Waals surface area contributed by atoms with E-state index in [0.29, 0.717) is 6.54 Å². The quantitative estimate of drug-likeness (QED) is 0.725. The number of benzene rings is 1. The molecule has 0 spiro atoms. The molecule has 0 radical (unpaired) electrons. The van der Waals surface area contributed by atoms with Crippen LogP contribution >= 0.6 is 23.1 Å². The van der Waals surface area contributed by atoms with Crippen molar-refractivity contribution in [3.05, 3.63) is 52.7 Å². The summed E-state index contributed by atoms with van der Waals surface area (Å²) in [6, 6.07) is 13.2. The standard InChI is InChI=1S/C19H21N3O3S2/c20-18(25)13-9-14(23)16(24)15-17(13)27-19(21-11-5-2-1-3-6-11)22(15)10-12-7-4-8-26-12/h1-8,13-17,23-24H,9-10H2,(H2,20,25). The highest BCUT2D eigenvalue weighted by atomic mass is 32.2. The van der Waals surface area contributed by atoms with Gasteiger partial charge in [0, 0.05) is 10.1 Å². The molecule has 4 rings (SSSR count). The predicted octanol–water partition coefficient (Wildman–Crippen LogP) is 1.95. The lowest BCUT2D eigenvalue weighted by molar-refractivity contribution is -0.128. The van der Waals surface area contributed by atoms with E-state index >= 15 is 0 Å². The second kappa shape index (κ2) is 7.63. The van der Waals surface area contributed by atoms with Crippen molar-refractivity contribution in [3.8, 4) is 0 Å². The Morgan fingerprint density at radius 1 is 1.22 bits per heavy atom. The summed E-state index contributed by atoms with van der Waals surface area (Å²) < 4.78 is 0. The first-order valence-electron chi connectivity index (χ1n) is 8.79. The van der Waals surface area contributed by atoms with Crippen LogP contribution in [-0.2, 0) is 11.3 Å². The summed E-state index contributed by atoms with van der Waals surface area (Å²) in [5, 5.41) is 23.6. The molecule has 1 aromatic heterocycles. The number of carbonyl (C=O) groups is 1. The summed E-state index contributed by atoms with van der Waals surface area (Å²) in [5.74, 6) is -0.951. The van der Waals surface area contributed by atoms with Crippen LogP contribution in [0.5, 0.6) is 0 Å². The Bertz CT molecular complexity index is 828. The van der Waals surface area contributed by atoms with Gasteiger partial charge in [-0.05, 0) is 30.0 Å². The van der Waals surface area contributed by atoms with Gasteiger partial charge >= 0.3 is 0 Å². The van der Waals surface area contributed by atoms with E-state index in [1.54, 1.807) is 11.3 Å². The summed E-state index contributed by atoms with van der Waals surface area (Å²) >= 11 is 3.10. The van der Waals surface area contributed by atoms with Crippen molar-refractivity contribution in [2.75, 3.05) is 0 Å². The molecular weight excluding hydrogens is 382 g/mol. The molecule has 6 nitrogen and oxygen atoms in total. The third-order valence-corrected chi connectivity index (χ3v) is 7.35. The first-order chi connectivity index (χ1) is 13.0. The van der Waals surface area contributed by atoms with E-state index in [2.05, 4.69) is 0 Å². The van der Waals surface area contributed by atoms with Gasteiger partial charge in [-0.2, -0.15) is 0 Å². The number of para-hydroxylation sites is 1. The average Bonchev–Trinajstić information content (AvgIpc) is 3.28. The number of amides is 1. The van der Waals surface area contributed by atoms with Gasteiger partial charge < -0.3 is 20.8 Å². The SMILES string of the molecule is NC(=O)C1CC(O)C(O)C2C1SC(=Nc1ccccc1)N2Cc1cccs1. The van der Waals surface area contributed by atoms with Crippen molar-refractivity contribution >= 4 is 39.9 Å². The molecular formula is C19H21N3O3S2. The zero-order valence-electron chi connectivity index (χ0n) is 14.5. The molecule has 1 aromatic carbocycles. The highest BCUT2D eigenvalue weighted by Gasteiger charge is 2.54. The first-order valence-corrected chi connectivity index (χ1v) is 10.6. The monoisotopic (exact) mass is 403 g/mol. The van der Waals surface area contributed by atoms with E-state index in [9.17, 15) is 15.0 Å². The van der Waals surface area contributed by atoms with Crippen LogP contribution in [0, 0.1) is 5.92 Å². The zero-order valence-corrected chi connectivity index (χ0v) is 16.1. The number of hydrogen-bond acceptors (Lipinski definition) is 6. The number of aliphatic imine (C=N–C) groups is 1. The number of hydrogen-bond donors (Lipinski definition) is 3. The van der Waals surface area contributed by atoms with E-state index in [0.717, 1.165) is 15.7 Å². The van der Waals surface area contributed by atoms with E-state index < -0.39 is 30.1 Å². The maximum Gasteiger partial charge on any atom is 0.221 e. The summed E-state index contributed by atoms with van der Waals surface area (Å²) in [6.07, 6.45) is -1.76. The molecule has 1 saturated carbocycles. The van der Waals surface area contributed by atoms with Crippen LogP contribution in [0.1, 0.15) is 11.3 Å². The Morgan fingerprint density at radius 2 is 2.00 bits per heavy atom. The minimum Gasteiger partial charge on any atom is -0.390 e. The molecule has 8 heteroatoms. The molecule has 27 heavy (non-hydrogen) atoms. The molecule has 2 heterocycles. The third kappa shape index (κ3) is 3.62. The summed E-state index contributed by atoms with van der Waals surface area (Å²) in [7, 11) is 0. The molecule has 2 aromatic rings. The van der Waals surface area contributed by atoms with Crippen molar-refractivity contribution in [1.82, 2.24) is 4.90 Å². The third-order valence-electron chi connectivity index (χ3n) is 5.07. The van der Waals surface area contributed by atoms with E-state index in [1.807, 2.05) is 52.7 Å². The Balaban J connectivity index is 1.74. The van der Waals surface area contributed by atoms with Gasteiger partial charge in [0.05, 0.1) is 30.3 Å². The fourth-order valence-corrected chi connectivity index (χ4v) is 6.03. The van der Waals surface area contributed by atoms with Crippen LogP contribution in [0.4, 0.5) is 5.69 Å². The predicted molar refractivity (Wildman–Crippen MR) is 108 cm³/mol. The topological polar surface area (TPSA) is 99.2 Å². The Kier molecular flexibility index (Phi) is 5.23. The zero-order chi connectivity index (χ0) is 19.0. The number of thioether (sulfide) groups is 1. The Hall–Kier alpha value is -1.87. The number of aliphatic hydroxyl groups excluding tert-OH is 2. The number of nitrogens with zero attached hydrogens (tertiary/aromatic N) is 2. The number of thiophene rings is 1. The second-order valence-electron chi connectivity index (χ2n) is 6.81. The van der Waals surface area contributed by atoms with Crippen LogP contribution in [0.25, 0.3) is 0 Å². The number of nitrogens with two attached hydrogens (primary N) is 1. The fraction of sp³-hybridized carbons (Fsp3) is 0.368. The summed E-state index contributed by atoms with van der Waals surface area (Å²) in [4.78, 5) is 19.9. The first kappa shape index (κ1) is 18.5. The molecule has 2 fully saturated rings. The van der Waals surface area contributed by atoms with Gasteiger partial charge in [0.1, 0.15) is 6.10 Å². The summed E-state index contributed by atoms with van der Waals surface area (Å²) in [5.41, 5.74) is 6.41. The van der Waals surface area contributed by atoms with Gasteiger partial charge in [-0.25, -0.2) is 4.99 Å². The van der Waals surface area contributed by atoms with Crippen LogP contribution in [0.3, 0.4) is 0 Å². The Morgan fingerprint density at radius 3 is 2.67 bits per heavy atom. The van der Waals surface area contributed by atoms with Crippen molar-refractivity contribution < 1.29 is 15.0 Å². The van der Waals surface area contributed by atoms with E-state index in [-0.39, 0.29) is 11.7 Å². The van der Waals surface area contributed by atoms with Crippen LogP contribution < -0.4 is 5.73 Å². The number of carbonyl (C=O) groups excluding carboxylic acids is 1. The normalized spacial score (nSPS) is 31.9. The van der Waals surface area contributed by atoms with Crippen molar-refractivity contribution in [1.29, 1.82) is 0 Å². The highest BCUT2D eigenvalue weighted by molar-refractivity contribution is 8.14. The van der Waals surface area contributed by atoms with Gasteiger partial charge in [0.15, 0.2) is 5.17 Å². The smallest absolute Gasteiger partial charge is 0.221 e. The molecule has 1 aliphatic heterocycles. The number of fused-ring (bicyclic) bond motifs is 1. The molecule has 1 saturated heterocycles. The van der Waals surface area contributed by atoms with Gasteiger partial charge in [0.25, 0.3) is 0 Å². The molecule has 5 unspecified atom stereocenters. The largest absolute Gasteiger partial charge is 0.390 e. The maximum absolute atomic E-state index is 12.0. The molecule has 4 N–H and O–H groups in total. The van der Waals surface area contributed by atoms with Crippen molar-refractivity contribution in [2.45, 2.75) is 36.5 Å². The van der Waals surface area contributed by atoms with Gasteiger partial charge in [-0.1, -0.05) is 36.0 Å². The molecule has 0 bridgehead atoms. The minimum absolute atomic E-state index is 0.177. The van der Waals surface area contributed by atoms with Crippen molar-refractivity contribution in [2.24, 2.45) is 16.6 Å². The average molecular weight is 404 g/mol. The van der Waals surface area contributed by atoms with Gasteiger partial charge in [-0.15, -0.1) is 11.3 Å². The maximum atomic E-state index is 12.0. The summed E-state index contributed by atoms with van der Waals surface area (Å²) in [6.45, 7) is 0.562. The van der Waals surface area contributed by atoms with Crippen LogP contribution in [0.2, 0.25) is 0 Å². The molecule has 5 atom stereocenters. The van der Waals surface area contributed by atoms with Gasteiger partial charge in [-0.3, -0.25) is 4.79 Å². The minimum atomic E-state index is -0.980. The molecule has 1 amide bonds. The van der Waals surface area contributed by atoms with Crippen LogP contribution in [0.15, 0.2) is 52.8 Å². The second-order valence-corrected chi connectivity index (χ2v) is 8.99. The molecule has 2 aliphatic rings. The Labute approximate surface area is 165 Å². The van der Waals surface area contributed by atoms with E-state index in [1.165, 1.54) is 11.8 Å².